The number of rotatable bonds is 3. The molecule has 3 heterocycles. The molecule has 2 aliphatic rings. The largest absolute Gasteiger partial charge is 0.416 e. The molecule has 0 N–H and O–H groups in total. The SMILES string of the molecule is CN1CCN(C2=NC(=O)/C(=C/c3ccc4c(c3)c(C#N)nn4Cc3ccc(Cl)cc3C(F)(F)F)S2)CC1. The maximum Gasteiger partial charge on any atom is 0.416 e. The Morgan fingerprint density at radius 3 is 2.62 bits per heavy atom. The summed E-state index contributed by atoms with van der Waals surface area (Å²) in [6.07, 6.45) is -2.88. The molecule has 1 amide bonds. The number of halogens is 4. The summed E-state index contributed by atoms with van der Waals surface area (Å²) in [6.45, 7) is 3.18. The minimum atomic E-state index is -4.59. The number of benzene rings is 2. The van der Waals surface area contributed by atoms with Crippen molar-refractivity contribution in [1.29, 1.82) is 5.26 Å². The van der Waals surface area contributed by atoms with E-state index in [-0.39, 0.29) is 28.7 Å². The zero-order valence-electron chi connectivity index (χ0n) is 19.6. The second-order valence-electron chi connectivity index (χ2n) is 8.79. The number of piperazine rings is 1. The summed E-state index contributed by atoms with van der Waals surface area (Å²) in [5.41, 5.74) is 0.380. The van der Waals surface area contributed by atoms with Crippen LogP contribution in [0.5, 0.6) is 0 Å². The van der Waals surface area contributed by atoms with Crippen molar-refractivity contribution < 1.29 is 18.0 Å². The number of carbonyl (C=O) groups is 1. The summed E-state index contributed by atoms with van der Waals surface area (Å²) in [6, 6.07) is 10.7. The van der Waals surface area contributed by atoms with Gasteiger partial charge >= 0.3 is 6.18 Å². The standard InChI is InChI=1S/C25H20ClF3N6OS/c1-33-6-8-34(9-7-33)24-31-23(36)22(37-24)11-15-2-5-21-18(10-15)20(13-30)32-35(21)14-16-3-4-17(26)12-19(16)25(27,28)29/h2-5,10-12H,6-9,14H2,1H3/b22-11-. The summed E-state index contributed by atoms with van der Waals surface area (Å²) in [4.78, 5) is 21.5. The molecule has 0 spiro atoms. The van der Waals surface area contributed by atoms with Gasteiger partial charge in [0.1, 0.15) is 6.07 Å². The van der Waals surface area contributed by atoms with E-state index in [1.807, 2.05) is 6.07 Å². The summed E-state index contributed by atoms with van der Waals surface area (Å²) < 4.78 is 42.1. The third kappa shape index (κ3) is 5.23. The molecular weight excluding hydrogens is 525 g/mol. The minimum Gasteiger partial charge on any atom is -0.348 e. The highest BCUT2D eigenvalue weighted by Crippen LogP contribution is 2.35. The molecule has 12 heteroatoms. The van der Waals surface area contributed by atoms with E-state index in [0.29, 0.717) is 26.5 Å². The Labute approximate surface area is 219 Å². The van der Waals surface area contributed by atoms with Gasteiger partial charge < -0.3 is 9.80 Å². The van der Waals surface area contributed by atoms with E-state index in [9.17, 15) is 23.2 Å². The zero-order valence-corrected chi connectivity index (χ0v) is 21.2. The van der Waals surface area contributed by atoms with Gasteiger partial charge in [-0.15, -0.1) is 0 Å². The molecule has 2 aromatic carbocycles. The maximum absolute atomic E-state index is 13.6. The molecule has 1 fully saturated rings. The lowest BCUT2D eigenvalue weighted by molar-refractivity contribution is -0.138. The Bertz CT molecular complexity index is 1500. The van der Waals surface area contributed by atoms with Gasteiger partial charge in [0.25, 0.3) is 5.91 Å². The van der Waals surface area contributed by atoms with E-state index in [1.54, 1.807) is 24.3 Å². The molecule has 190 valence electrons. The van der Waals surface area contributed by atoms with Crippen LogP contribution in [0, 0.1) is 11.3 Å². The van der Waals surface area contributed by atoms with Crippen LogP contribution in [0.25, 0.3) is 17.0 Å². The number of hydrogen-bond donors (Lipinski definition) is 0. The Balaban J connectivity index is 1.43. The fourth-order valence-corrected chi connectivity index (χ4v) is 5.42. The van der Waals surface area contributed by atoms with Crippen molar-refractivity contribution in [3.8, 4) is 6.07 Å². The van der Waals surface area contributed by atoms with Crippen molar-refractivity contribution in [1.82, 2.24) is 19.6 Å². The fraction of sp³-hybridized carbons (Fsp3) is 0.280. The third-order valence-electron chi connectivity index (χ3n) is 6.26. The molecule has 0 radical (unpaired) electrons. The average molecular weight is 545 g/mol. The van der Waals surface area contributed by atoms with Crippen LogP contribution in [0.15, 0.2) is 46.3 Å². The molecule has 0 unspecified atom stereocenters. The molecule has 2 aliphatic heterocycles. The van der Waals surface area contributed by atoms with Crippen LogP contribution < -0.4 is 0 Å². The minimum absolute atomic E-state index is 0.0153. The number of thioether (sulfide) groups is 1. The number of nitrogens with zero attached hydrogens (tertiary/aromatic N) is 6. The van der Waals surface area contributed by atoms with E-state index in [1.165, 1.54) is 28.6 Å². The number of likely N-dealkylation sites (N-methyl/N-ethyl adjacent to an activating group) is 1. The van der Waals surface area contributed by atoms with Gasteiger partial charge in [-0.2, -0.15) is 28.5 Å². The highest BCUT2D eigenvalue weighted by Gasteiger charge is 2.34. The summed E-state index contributed by atoms with van der Waals surface area (Å²) in [7, 11) is 2.05. The van der Waals surface area contributed by atoms with Gasteiger partial charge in [-0.1, -0.05) is 23.7 Å². The predicted octanol–water partition coefficient (Wildman–Crippen LogP) is 4.85. The van der Waals surface area contributed by atoms with Gasteiger partial charge in [0.05, 0.1) is 22.5 Å². The Morgan fingerprint density at radius 1 is 1.16 bits per heavy atom. The number of nitriles is 1. The normalized spacial score (nSPS) is 18.1. The van der Waals surface area contributed by atoms with E-state index < -0.39 is 11.7 Å². The highest BCUT2D eigenvalue weighted by atomic mass is 35.5. The average Bonchev–Trinajstić information content (AvgIpc) is 3.39. The summed E-state index contributed by atoms with van der Waals surface area (Å²) >= 11 is 7.11. The van der Waals surface area contributed by atoms with Crippen molar-refractivity contribution in [2.75, 3.05) is 33.2 Å². The summed E-state index contributed by atoms with van der Waals surface area (Å²) in [5, 5.41) is 15.0. The number of aliphatic imine (C=N–C) groups is 1. The lowest BCUT2D eigenvalue weighted by Gasteiger charge is -2.32. The van der Waals surface area contributed by atoms with Crippen LogP contribution in [0.1, 0.15) is 22.4 Å². The second kappa shape index (κ2) is 9.85. The molecule has 1 aromatic heterocycles. The highest BCUT2D eigenvalue weighted by molar-refractivity contribution is 8.18. The molecule has 5 rings (SSSR count). The molecule has 0 atom stereocenters. The van der Waals surface area contributed by atoms with Crippen molar-refractivity contribution in [3.63, 3.8) is 0 Å². The van der Waals surface area contributed by atoms with Crippen LogP contribution in [0.2, 0.25) is 5.02 Å². The number of amides is 1. The zero-order chi connectivity index (χ0) is 26.3. The first-order valence-corrected chi connectivity index (χ1v) is 12.5. The van der Waals surface area contributed by atoms with Crippen LogP contribution in [-0.2, 0) is 17.5 Å². The Kier molecular flexibility index (Phi) is 6.74. The second-order valence-corrected chi connectivity index (χ2v) is 10.2. The number of hydrogen-bond acceptors (Lipinski definition) is 6. The van der Waals surface area contributed by atoms with E-state index in [2.05, 4.69) is 26.9 Å². The topological polar surface area (TPSA) is 77.5 Å². The van der Waals surface area contributed by atoms with Crippen LogP contribution >= 0.6 is 23.4 Å². The Morgan fingerprint density at radius 2 is 1.92 bits per heavy atom. The lowest BCUT2D eigenvalue weighted by atomic mass is 10.1. The third-order valence-corrected chi connectivity index (χ3v) is 7.54. The van der Waals surface area contributed by atoms with Gasteiger partial charge in [0.15, 0.2) is 10.9 Å². The smallest absolute Gasteiger partial charge is 0.348 e. The quantitative estimate of drug-likeness (QED) is 0.439. The van der Waals surface area contributed by atoms with Crippen molar-refractivity contribution in [2.45, 2.75) is 12.7 Å². The molecule has 7 nitrogen and oxygen atoms in total. The first-order chi connectivity index (χ1) is 17.6. The first-order valence-electron chi connectivity index (χ1n) is 11.3. The van der Waals surface area contributed by atoms with Crippen molar-refractivity contribution >= 4 is 51.4 Å². The molecule has 0 saturated carbocycles. The van der Waals surface area contributed by atoms with Gasteiger partial charge in [-0.3, -0.25) is 9.48 Å². The van der Waals surface area contributed by atoms with Gasteiger partial charge in [-0.25, -0.2) is 0 Å². The summed E-state index contributed by atoms with van der Waals surface area (Å²) in [5.74, 6) is -0.322. The predicted molar refractivity (Wildman–Crippen MR) is 137 cm³/mol. The van der Waals surface area contributed by atoms with Gasteiger partial charge in [0, 0.05) is 36.6 Å². The first kappa shape index (κ1) is 25.3. The van der Waals surface area contributed by atoms with Crippen LogP contribution in [0.3, 0.4) is 0 Å². The van der Waals surface area contributed by atoms with E-state index in [0.717, 1.165) is 32.2 Å². The van der Waals surface area contributed by atoms with E-state index >= 15 is 0 Å². The molecule has 1 saturated heterocycles. The molecule has 0 bridgehead atoms. The Hall–Kier alpha value is -3.33. The molecule has 3 aromatic rings. The lowest BCUT2D eigenvalue weighted by Crippen LogP contribution is -2.46. The molecule has 37 heavy (non-hydrogen) atoms. The van der Waals surface area contributed by atoms with Crippen LogP contribution in [0.4, 0.5) is 13.2 Å². The van der Waals surface area contributed by atoms with Crippen LogP contribution in [-0.4, -0.2) is 63.9 Å². The number of carbonyl (C=O) groups excluding carboxylic acids is 1. The molecule has 0 aliphatic carbocycles. The number of amidine groups is 1. The van der Waals surface area contributed by atoms with Gasteiger partial charge in [0.2, 0.25) is 0 Å². The number of aromatic nitrogens is 2. The van der Waals surface area contributed by atoms with Crippen molar-refractivity contribution in [2.24, 2.45) is 4.99 Å². The monoisotopic (exact) mass is 544 g/mol. The molecular formula is C25H20ClF3N6OS. The maximum atomic E-state index is 13.6. The van der Waals surface area contributed by atoms with E-state index in [4.69, 9.17) is 11.6 Å². The number of alkyl halides is 3. The number of fused-ring (bicyclic) bond motifs is 1. The van der Waals surface area contributed by atoms with Crippen molar-refractivity contribution in [3.05, 3.63) is 68.7 Å². The van der Waals surface area contributed by atoms with Gasteiger partial charge in [-0.05, 0) is 60.3 Å². The fourth-order valence-electron chi connectivity index (χ4n) is 4.28.